The number of aromatic nitrogens is 2. The minimum absolute atomic E-state index is 0.496. The van der Waals surface area contributed by atoms with Gasteiger partial charge in [0, 0.05) is 17.4 Å². The molecule has 2 aromatic rings. The van der Waals surface area contributed by atoms with E-state index in [4.69, 9.17) is 5.73 Å². The number of fused-ring (bicyclic) bond motifs is 1. The molecule has 4 N–H and O–H groups in total. The number of hydrogen-bond donors (Lipinski definition) is 3. The van der Waals surface area contributed by atoms with Gasteiger partial charge in [0.1, 0.15) is 0 Å². The zero-order valence-corrected chi connectivity index (χ0v) is 11.9. The van der Waals surface area contributed by atoms with Gasteiger partial charge in [-0.1, -0.05) is 6.07 Å². The van der Waals surface area contributed by atoms with Crippen molar-refractivity contribution < 1.29 is 0 Å². The van der Waals surface area contributed by atoms with E-state index in [1.807, 2.05) is 12.3 Å². The molecule has 20 heavy (non-hydrogen) atoms. The van der Waals surface area contributed by atoms with Crippen LogP contribution in [0, 0.1) is 6.92 Å². The normalized spacial score (nSPS) is 17.4. The van der Waals surface area contributed by atoms with Crippen LogP contribution in [0.3, 0.4) is 0 Å². The van der Waals surface area contributed by atoms with Gasteiger partial charge in [0.2, 0.25) is 0 Å². The van der Waals surface area contributed by atoms with E-state index in [1.54, 1.807) is 0 Å². The Morgan fingerprint density at radius 1 is 1.45 bits per heavy atom. The molecule has 0 amide bonds. The lowest BCUT2D eigenvalue weighted by molar-refractivity contribution is 0.520. The molecule has 4 heteroatoms. The number of benzene rings is 1. The summed E-state index contributed by atoms with van der Waals surface area (Å²) in [7, 11) is 0. The maximum atomic E-state index is 5.84. The Hall–Kier alpha value is -1.81. The Bertz CT molecular complexity index is 588. The van der Waals surface area contributed by atoms with E-state index >= 15 is 0 Å². The van der Waals surface area contributed by atoms with Crippen molar-refractivity contribution in [3.8, 4) is 0 Å². The molecule has 0 aliphatic heterocycles. The van der Waals surface area contributed by atoms with Crippen LogP contribution < -0.4 is 11.1 Å². The maximum absolute atomic E-state index is 5.84. The first-order valence-corrected chi connectivity index (χ1v) is 7.34. The molecule has 1 aromatic carbocycles. The van der Waals surface area contributed by atoms with Gasteiger partial charge in [0.05, 0.1) is 6.20 Å². The third-order valence-corrected chi connectivity index (χ3v) is 4.19. The first-order valence-electron chi connectivity index (χ1n) is 7.34. The Morgan fingerprint density at radius 3 is 3.15 bits per heavy atom. The van der Waals surface area contributed by atoms with E-state index in [-0.39, 0.29) is 0 Å². The molecule has 1 aliphatic rings. The number of hydrogen-bond acceptors (Lipinski definition) is 3. The van der Waals surface area contributed by atoms with E-state index in [0.29, 0.717) is 6.04 Å². The van der Waals surface area contributed by atoms with E-state index < -0.39 is 0 Å². The van der Waals surface area contributed by atoms with Crippen molar-refractivity contribution in [2.75, 3.05) is 12.3 Å². The van der Waals surface area contributed by atoms with Gasteiger partial charge < -0.3 is 11.1 Å². The number of rotatable bonds is 5. The van der Waals surface area contributed by atoms with Crippen molar-refractivity contribution in [3.63, 3.8) is 0 Å². The molecule has 0 fully saturated rings. The van der Waals surface area contributed by atoms with Gasteiger partial charge in [0.15, 0.2) is 0 Å². The molecule has 4 nitrogen and oxygen atoms in total. The number of aromatic amines is 1. The minimum Gasteiger partial charge on any atom is -0.399 e. The fourth-order valence-corrected chi connectivity index (χ4v) is 3.03. The lowest BCUT2D eigenvalue weighted by Crippen LogP contribution is -2.20. The molecule has 0 spiro atoms. The third kappa shape index (κ3) is 2.70. The fraction of sp³-hybridized carbons (Fsp3) is 0.438. The summed E-state index contributed by atoms with van der Waals surface area (Å²) in [6.45, 7) is 3.12. The molecule has 3 rings (SSSR count). The molecule has 0 radical (unpaired) electrons. The average molecular weight is 270 g/mol. The lowest BCUT2D eigenvalue weighted by Gasteiger charge is -2.14. The van der Waals surface area contributed by atoms with Gasteiger partial charge in [-0.25, -0.2) is 0 Å². The summed E-state index contributed by atoms with van der Waals surface area (Å²) in [5, 5.41) is 10.7. The zero-order chi connectivity index (χ0) is 13.9. The van der Waals surface area contributed by atoms with Crippen molar-refractivity contribution in [2.45, 2.75) is 38.6 Å². The van der Waals surface area contributed by atoms with Gasteiger partial charge >= 0.3 is 0 Å². The summed E-state index contributed by atoms with van der Waals surface area (Å²) in [6.07, 6.45) is 6.48. The Labute approximate surface area is 119 Å². The molecule has 0 saturated carbocycles. The van der Waals surface area contributed by atoms with Crippen LogP contribution in [0.15, 0.2) is 24.4 Å². The second kappa shape index (κ2) is 5.67. The molecule has 1 aromatic heterocycles. The van der Waals surface area contributed by atoms with Gasteiger partial charge in [-0.3, -0.25) is 5.10 Å². The summed E-state index contributed by atoms with van der Waals surface area (Å²) in [4.78, 5) is 0. The number of aryl methyl sites for hydroxylation is 3. The summed E-state index contributed by atoms with van der Waals surface area (Å²) in [5.74, 6) is 0. The molecular weight excluding hydrogens is 248 g/mol. The zero-order valence-electron chi connectivity index (χ0n) is 11.9. The lowest BCUT2D eigenvalue weighted by atomic mass is 10.1. The highest BCUT2D eigenvalue weighted by Gasteiger charge is 2.21. The number of nitrogens with two attached hydrogens (primary N) is 1. The maximum Gasteiger partial charge on any atom is 0.0522 e. The summed E-state index contributed by atoms with van der Waals surface area (Å²) in [6, 6.07) is 6.80. The predicted octanol–water partition coefficient (Wildman–Crippen LogP) is 2.51. The van der Waals surface area contributed by atoms with Crippen LogP contribution in [-0.2, 0) is 12.8 Å². The number of nitrogens with zero attached hydrogens (tertiary/aromatic N) is 1. The molecule has 1 unspecified atom stereocenters. The van der Waals surface area contributed by atoms with Crippen LogP contribution in [0.4, 0.5) is 5.69 Å². The second-order valence-corrected chi connectivity index (χ2v) is 5.63. The van der Waals surface area contributed by atoms with Crippen molar-refractivity contribution >= 4 is 5.69 Å². The Morgan fingerprint density at radius 2 is 2.35 bits per heavy atom. The van der Waals surface area contributed by atoms with Gasteiger partial charge in [-0.2, -0.15) is 5.10 Å². The number of anilines is 1. The largest absolute Gasteiger partial charge is 0.399 e. The molecule has 1 aliphatic carbocycles. The van der Waals surface area contributed by atoms with Gasteiger partial charge in [-0.05, 0) is 68.0 Å². The quantitative estimate of drug-likeness (QED) is 0.577. The highest BCUT2D eigenvalue weighted by atomic mass is 15.1. The third-order valence-electron chi connectivity index (χ3n) is 4.19. The predicted molar refractivity (Wildman–Crippen MR) is 81.6 cm³/mol. The molecule has 0 bridgehead atoms. The van der Waals surface area contributed by atoms with Crippen molar-refractivity contribution in [1.29, 1.82) is 0 Å². The SMILES string of the molecule is Cc1[nH]ncc1CCCNC1CCc2cc(N)ccc21. The van der Waals surface area contributed by atoms with E-state index in [9.17, 15) is 0 Å². The summed E-state index contributed by atoms with van der Waals surface area (Å²) < 4.78 is 0. The van der Waals surface area contributed by atoms with E-state index in [0.717, 1.165) is 31.5 Å². The first kappa shape index (κ1) is 13.2. The number of nitrogens with one attached hydrogen (secondary N) is 2. The number of H-pyrrole nitrogens is 1. The van der Waals surface area contributed by atoms with Gasteiger partial charge in [0.25, 0.3) is 0 Å². The number of nitrogen functional groups attached to an aromatic ring is 1. The standard InChI is InChI=1S/C16H22N4/c1-11-13(10-19-20-11)3-2-8-18-16-7-4-12-9-14(17)5-6-15(12)16/h5-6,9-10,16,18H,2-4,7-8,17H2,1H3,(H,19,20). The van der Waals surface area contributed by atoms with Crippen LogP contribution in [0.1, 0.15) is 41.3 Å². The topological polar surface area (TPSA) is 66.7 Å². The fourth-order valence-electron chi connectivity index (χ4n) is 3.03. The van der Waals surface area contributed by atoms with Gasteiger partial charge in [-0.15, -0.1) is 0 Å². The van der Waals surface area contributed by atoms with Crippen LogP contribution in [-0.4, -0.2) is 16.7 Å². The average Bonchev–Trinajstić information content (AvgIpc) is 3.01. The molecule has 0 saturated heterocycles. The molecule has 106 valence electrons. The molecule has 1 atom stereocenters. The molecular formula is C16H22N4. The van der Waals surface area contributed by atoms with Crippen LogP contribution in [0.25, 0.3) is 0 Å². The highest BCUT2D eigenvalue weighted by molar-refractivity contribution is 5.47. The second-order valence-electron chi connectivity index (χ2n) is 5.63. The van der Waals surface area contributed by atoms with Crippen molar-refractivity contribution in [1.82, 2.24) is 15.5 Å². The summed E-state index contributed by atoms with van der Waals surface area (Å²) in [5.41, 5.74) is 12.1. The first-order chi connectivity index (χ1) is 9.74. The summed E-state index contributed by atoms with van der Waals surface area (Å²) >= 11 is 0. The van der Waals surface area contributed by atoms with E-state index in [2.05, 4.69) is 34.6 Å². The Kier molecular flexibility index (Phi) is 3.74. The molecule has 1 heterocycles. The monoisotopic (exact) mass is 270 g/mol. The Balaban J connectivity index is 1.50. The van der Waals surface area contributed by atoms with E-state index in [1.165, 1.54) is 28.8 Å². The van der Waals surface area contributed by atoms with Crippen LogP contribution in [0.5, 0.6) is 0 Å². The smallest absolute Gasteiger partial charge is 0.0522 e. The van der Waals surface area contributed by atoms with Crippen LogP contribution >= 0.6 is 0 Å². The van der Waals surface area contributed by atoms with Crippen molar-refractivity contribution in [3.05, 3.63) is 46.8 Å². The minimum atomic E-state index is 0.496. The highest BCUT2D eigenvalue weighted by Crippen LogP contribution is 2.32. The van der Waals surface area contributed by atoms with Crippen LogP contribution in [0.2, 0.25) is 0 Å². The van der Waals surface area contributed by atoms with Crippen molar-refractivity contribution in [2.24, 2.45) is 0 Å².